The van der Waals surface area contributed by atoms with Crippen LogP contribution in [0.15, 0.2) is 29.3 Å². The van der Waals surface area contributed by atoms with E-state index in [0.29, 0.717) is 31.2 Å². The molecule has 0 unspecified atom stereocenters. The van der Waals surface area contributed by atoms with E-state index in [-0.39, 0.29) is 11.7 Å². The minimum atomic E-state index is -0.366. The monoisotopic (exact) mass is 252 g/mol. The number of nitrogens with zero attached hydrogens (tertiary/aromatic N) is 1. The van der Waals surface area contributed by atoms with Crippen LogP contribution in [0.4, 0.5) is 4.39 Å². The highest BCUT2D eigenvalue weighted by atomic mass is 19.1. The van der Waals surface area contributed by atoms with Crippen LogP contribution < -0.4 is 16.4 Å². The Labute approximate surface area is 105 Å². The van der Waals surface area contributed by atoms with Crippen LogP contribution in [-0.2, 0) is 0 Å². The van der Waals surface area contributed by atoms with Crippen molar-refractivity contribution in [1.82, 2.24) is 10.6 Å². The molecule has 0 radical (unpaired) electrons. The molecule has 98 valence electrons. The molecule has 0 saturated carbocycles. The van der Waals surface area contributed by atoms with Crippen molar-refractivity contribution in [3.05, 3.63) is 35.6 Å². The first-order valence-electron chi connectivity index (χ1n) is 5.71. The second-order valence-corrected chi connectivity index (χ2v) is 3.56. The van der Waals surface area contributed by atoms with Gasteiger partial charge in [-0.05, 0) is 31.2 Å². The molecular formula is C12H17FN4O. The second-order valence-electron chi connectivity index (χ2n) is 3.56. The first-order chi connectivity index (χ1) is 8.63. The van der Waals surface area contributed by atoms with Gasteiger partial charge < -0.3 is 16.4 Å². The van der Waals surface area contributed by atoms with Crippen LogP contribution in [0.1, 0.15) is 17.3 Å². The third-order valence-corrected chi connectivity index (χ3v) is 2.14. The first-order valence-corrected chi connectivity index (χ1v) is 5.71. The van der Waals surface area contributed by atoms with Crippen molar-refractivity contribution in [3.63, 3.8) is 0 Å². The molecule has 1 aromatic rings. The van der Waals surface area contributed by atoms with Crippen molar-refractivity contribution in [3.8, 4) is 0 Å². The summed E-state index contributed by atoms with van der Waals surface area (Å²) in [6.45, 7) is 3.39. The predicted octanol–water partition coefficient (Wildman–Crippen LogP) is 0.480. The summed E-state index contributed by atoms with van der Waals surface area (Å²) in [6, 6.07) is 5.36. The highest BCUT2D eigenvalue weighted by molar-refractivity contribution is 5.94. The predicted molar refractivity (Wildman–Crippen MR) is 68.9 cm³/mol. The zero-order chi connectivity index (χ0) is 13.4. The fourth-order valence-electron chi connectivity index (χ4n) is 1.29. The molecule has 0 aliphatic heterocycles. The summed E-state index contributed by atoms with van der Waals surface area (Å²) in [6.07, 6.45) is 0. The van der Waals surface area contributed by atoms with E-state index < -0.39 is 0 Å². The molecular weight excluding hydrogens is 235 g/mol. The summed E-state index contributed by atoms with van der Waals surface area (Å²) in [5.41, 5.74) is 5.93. The van der Waals surface area contributed by atoms with Crippen molar-refractivity contribution in [1.29, 1.82) is 0 Å². The number of amides is 1. The van der Waals surface area contributed by atoms with Gasteiger partial charge in [-0.2, -0.15) is 0 Å². The lowest BCUT2D eigenvalue weighted by Crippen LogP contribution is -2.33. The largest absolute Gasteiger partial charge is 0.370 e. The lowest BCUT2D eigenvalue weighted by molar-refractivity contribution is 0.0955. The maximum Gasteiger partial charge on any atom is 0.251 e. The Morgan fingerprint density at radius 2 is 2.00 bits per heavy atom. The van der Waals surface area contributed by atoms with Gasteiger partial charge in [0.25, 0.3) is 5.91 Å². The third-order valence-electron chi connectivity index (χ3n) is 2.14. The smallest absolute Gasteiger partial charge is 0.251 e. The van der Waals surface area contributed by atoms with Crippen LogP contribution >= 0.6 is 0 Å². The third kappa shape index (κ3) is 4.82. The molecule has 0 spiro atoms. The van der Waals surface area contributed by atoms with Crippen LogP contribution in [0.5, 0.6) is 0 Å². The summed E-state index contributed by atoms with van der Waals surface area (Å²) in [7, 11) is 0. The quantitative estimate of drug-likeness (QED) is 0.405. The number of nitrogens with one attached hydrogen (secondary N) is 2. The Morgan fingerprint density at radius 3 is 2.61 bits per heavy atom. The van der Waals surface area contributed by atoms with Gasteiger partial charge in [0, 0.05) is 18.7 Å². The normalized spacial score (nSPS) is 11.1. The Bertz CT molecular complexity index is 417. The molecule has 1 rings (SSSR count). The molecule has 0 saturated heterocycles. The van der Waals surface area contributed by atoms with Crippen molar-refractivity contribution >= 4 is 11.9 Å². The van der Waals surface area contributed by atoms with Gasteiger partial charge in [0.15, 0.2) is 5.96 Å². The molecule has 0 atom stereocenters. The number of guanidine groups is 1. The average Bonchev–Trinajstić information content (AvgIpc) is 2.35. The van der Waals surface area contributed by atoms with Crippen LogP contribution in [0.25, 0.3) is 0 Å². The Kier molecular flexibility index (Phi) is 5.63. The standard InChI is InChI=1S/C12H17FN4O/c1-2-15-12(14)17-8-7-16-11(18)9-3-5-10(13)6-4-9/h3-6H,2,7-8H2,1H3,(H,16,18)(H3,14,15,17). The number of rotatable bonds is 5. The summed E-state index contributed by atoms with van der Waals surface area (Å²) in [5, 5.41) is 5.51. The zero-order valence-corrected chi connectivity index (χ0v) is 10.2. The van der Waals surface area contributed by atoms with E-state index >= 15 is 0 Å². The second kappa shape index (κ2) is 7.26. The van der Waals surface area contributed by atoms with Crippen LogP contribution in [0.2, 0.25) is 0 Å². The number of nitrogens with two attached hydrogens (primary N) is 1. The lowest BCUT2D eigenvalue weighted by Gasteiger charge is -2.04. The van der Waals surface area contributed by atoms with Gasteiger partial charge in [-0.3, -0.25) is 9.79 Å². The van der Waals surface area contributed by atoms with E-state index in [0.717, 1.165) is 0 Å². The van der Waals surface area contributed by atoms with Gasteiger partial charge in [-0.1, -0.05) is 0 Å². The van der Waals surface area contributed by atoms with Gasteiger partial charge in [0.05, 0.1) is 6.54 Å². The molecule has 0 bridgehead atoms. The van der Waals surface area contributed by atoms with Crippen molar-refractivity contribution < 1.29 is 9.18 Å². The van der Waals surface area contributed by atoms with E-state index in [4.69, 9.17) is 5.73 Å². The summed E-state index contributed by atoms with van der Waals surface area (Å²) < 4.78 is 12.6. The molecule has 0 aliphatic carbocycles. The number of benzene rings is 1. The number of carbonyl (C=O) groups is 1. The van der Waals surface area contributed by atoms with Gasteiger partial charge >= 0.3 is 0 Å². The van der Waals surface area contributed by atoms with Gasteiger partial charge in [-0.15, -0.1) is 0 Å². The highest BCUT2D eigenvalue weighted by Crippen LogP contribution is 2.01. The van der Waals surface area contributed by atoms with Crippen molar-refractivity contribution in [2.75, 3.05) is 19.6 Å². The Balaban J connectivity index is 2.33. The van der Waals surface area contributed by atoms with Crippen LogP contribution in [0.3, 0.4) is 0 Å². The fourth-order valence-corrected chi connectivity index (χ4v) is 1.29. The van der Waals surface area contributed by atoms with Gasteiger partial charge in [0.2, 0.25) is 0 Å². The molecule has 6 heteroatoms. The van der Waals surface area contributed by atoms with E-state index in [1.807, 2.05) is 6.92 Å². The van der Waals surface area contributed by atoms with E-state index in [2.05, 4.69) is 15.6 Å². The van der Waals surface area contributed by atoms with E-state index in [9.17, 15) is 9.18 Å². The number of hydrogen-bond acceptors (Lipinski definition) is 2. The minimum Gasteiger partial charge on any atom is -0.370 e. The Hall–Kier alpha value is -2.11. The molecule has 4 N–H and O–H groups in total. The lowest BCUT2D eigenvalue weighted by atomic mass is 10.2. The summed E-state index contributed by atoms with van der Waals surface area (Å²) in [4.78, 5) is 15.6. The minimum absolute atomic E-state index is 0.257. The number of carbonyl (C=O) groups excluding carboxylic acids is 1. The van der Waals surface area contributed by atoms with Crippen molar-refractivity contribution in [2.45, 2.75) is 6.92 Å². The zero-order valence-electron chi connectivity index (χ0n) is 10.2. The maximum atomic E-state index is 12.6. The highest BCUT2D eigenvalue weighted by Gasteiger charge is 2.03. The number of aliphatic imine (C=N–C) groups is 1. The number of hydrogen-bond donors (Lipinski definition) is 3. The van der Waals surface area contributed by atoms with Crippen LogP contribution in [0, 0.1) is 5.82 Å². The summed E-state index contributed by atoms with van der Waals surface area (Å²) >= 11 is 0. The summed E-state index contributed by atoms with van der Waals surface area (Å²) in [5.74, 6) is -0.268. The number of halogens is 1. The molecule has 1 aromatic carbocycles. The average molecular weight is 252 g/mol. The Morgan fingerprint density at radius 1 is 1.33 bits per heavy atom. The SMILES string of the molecule is CCNC(N)=NCCNC(=O)c1ccc(F)cc1. The first kappa shape index (κ1) is 14.0. The molecule has 1 amide bonds. The van der Waals surface area contributed by atoms with Crippen molar-refractivity contribution in [2.24, 2.45) is 10.7 Å². The molecule has 0 aromatic heterocycles. The molecule has 5 nitrogen and oxygen atoms in total. The fraction of sp³-hybridized carbons (Fsp3) is 0.333. The van der Waals surface area contributed by atoms with E-state index in [1.54, 1.807) is 0 Å². The molecule has 0 fully saturated rings. The van der Waals surface area contributed by atoms with Gasteiger partial charge in [-0.25, -0.2) is 4.39 Å². The van der Waals surface area contributed by atoms with E-state index in [1.165, 1.54) is 24.3 Å². The topological polar surface area (TPSA) is 79.5 Å². The molecule has 18 heavy (non-hydrogen) atoms. The molecule has 0 heterocycles. The van der Waals surface area contributed by atoms with Gasteiger partial charge in [0.1, 0.15) is 5.82 Å². The van der Waals surface area contributed by atoms with Crippen LogP contribution in [-0.4, -0.2) is 31.5 Å². The molecule has 0 aliphatic rings. The maximum absolute atomic E-state index is 12.6.